The molecule has 1 saturated carbocycles. The van der Waals surface area contributed by atoms with Crippen LogP contribution in [0.15, 0.2) is 18.5 Å². The van der Waals surface area contributed by atoms with Crippen LogP contribution in [-0.4, -0.2) is 22.0 Å². The first kappa shape index (κ1) is 15.5. The molecule has 1 fully saturated rings. The Labute approximate surface area is 124 Å². The van der Waals surface area contributed by atoms with Crippen LogP contribution in [0, 0.1) is 11.3 Å². The van der Waals surface area contributed by atoms with E-state index in [1.54, 1.807) is 0 Å². The molecular weight excluding hydrogens is 268 g/mol. The number of carbonyl (C=O) groups excluding carboxylic acids is 1. The zero-order chi connectivity index (χ0) is 15.5. The SMILES string of the molecule is CC(C)CC1(C(=O)Nc2cncc(C(=O)O)c2)CCCC1. The minimum atomic E-state index is -1.05. The topological polar surface area (TPSA) is 79.3 Å². The standard InChI is InChI=1S/C16H22N2O3/c1-11(2)8-16(5-3-4-6-16)15(21)18-13-7-12(14(19)20)9-17-10-13/h7,9-11H,3-6,8H2,1-2H3,(H,18,21)(H,19,20). The van der Waals surface area contributed by atoms with Crippen LogP contribution in [0.2, 0.25) is 0 Å². The summed E-state index contributed by atoms with van der Waals surface area (Å²) in [5, 5.41) is 11.8. The number of hydrogen-bond donors (Lipinski definition) is 2. The molecule has 0 atom stereocenters. The van der Waals surface area contributed by atoms with Crippen molar-refractivity contribution in [1.29, 1.82) is 0 Å². The summed E-state index contributed by atoms with van der Waals surface area (Å²) in [5.41, 5.74) is 0.222. The molecule has 0 aliphatic heterocycles. The molecule has 0 aromatic carbocycles. The van der Waals surface area contributed by atoms with Gasteiger partial charge in [-0.1, -0.05) is 26.7 Å². The van der Waals surface area contributed by atoms with Gasteiger partial charge in [-0.25, -0.2) is 4.79 Å². The molecule has 5 heteroatoms. The molecular formula is C16H22N2O3. The van der Waals surface area contributed by atoms with Gasteiger partial charge in [0.05, 0.1) is 17.4 Å². The minimum Gasteiger partial charge on any atom is -0.478 e. The third kappa shape index (κ3) is 3.60. The number of nitrogens with one attached hydrogen (secondary N) is 1. The molecule has 0 saturated heterocycles. The Bertz CT molecular complexity index is 534. The van der Waals surface area contributed by atoms with Gasteiger partial charge >= 0.3 is 5.97 Å². The molecule has 21 heavy (non-hydrogen) atoms. The lowest BCUT2D eigenvalue weighted by atomic mass is 9.77. The van der Waals surface area contributed by atoms with Crippen LogP contribution in [0.25, 0.3) is 0 Å². The fourth-order valence-electron chi connectivity index (χ4n) is 3.25. The molecule has 1 aliphatic carbocycles. The van der Waals surface area contributed by atoms with E-state index < -0.39 is 5.97 Å². The number of aromatic carboxylic acids is 1. The van der Waals surface area contributed by atoms with E-state index in [1.807, 2.05) is 0 Å². The summed E-state index contributed by atoms with van der Waals surface area (Å²) >= 11 is 0. The van der Waals surface area contributed by atoms with Gasteiger partial charge in [0.1, 0.15) is 0 Å². The van der Waals surface area contributed by atoms with Crippen molar-refractivity contribution in [3.05, 3.63) is 24.0 Å². The summed E-state index contributed by atoms with van der Waals surface area (Å²) in [6.45, 7) is 4.25. The summed E-state index contributed by atoms with van der Waals surface area (Å²) in [5.74, 6) is -0.591. The number of hydrogen-bond acceptors (Lipinski definition) is 3. The lowest BCUT2D eigenvalue weighted by Gasteiger charge is -2.29. The lowest BCUT2D eigenvalue weighted by Crippen LogP contribution is -2.35. The smallest absolute Gasteiger partial charge is 0.337 e. The highest BCUT2D eigenvalue weighted by Gasteiger charge is 2.41. The monoisotopic (exact) mass is 290 g/mol. The quantitative estimate of drug-likeness (QED) is 0.871. The third-order valence-corrected chi connectivity index (χ3v) is 4.08. The minimum absolute atomic E-state index is 0.00182. The molecule has 2 rings (SSSR count). The van der Waals surface area contributed by atoms with Crippen molar-refractivity contribution in [2.45, 2.75) is 46.0 Å². The van der Waals surface area contributed by atoms with E-state index in [0.717, 1.165) is 32.1 Å². The predicted molar refractivity (Wildman–Crippen MR) is 80.2 cm³/mol. The van der Waals surface area contributed by atoms with Gasteiger partial charge in [0.15, 0.2) is 0 Å². The number of carboxylic acid groups (broad SMARTS) is 1. The second kappa shape index (κ2) is 6.24. The summed E-state index contributed by atoms with van der Waals surface area (Å²) in [6.07, 6.45) is 7.60. The van der Waals surface area contributed by atoms with Gasteiger partial charge in [0, 0.05) is 11.6 Å². The second-order valence-corrected chi connectivity index (χ2v) is 6.31. The largest absolute Gasteiger partial charge is 0.478 e. The van der Waals surface area contributed by atoms with Crippen LogP contribution in [0.1, 0.15) is 56.3 Å². The van der Waals surface area contributed by atoms with E-state index >= 15 is 0 Å². The predicted octanol–water partition coefficient (Wildman–Crippen LogP) is 3.32. The number of pyridine rings is 1. The van der Waals surface area contributed by atoms with E-state index in [9.17, 15) is 9.59 Å². The van der Waals surface area contributed by atoms with E-state index in [0.29, 0.717) is 11.6 Å². The van der Waals surface area contributed by atoms with Gasteiger partial charge < -0.3 is 10.4 Å². The van der Waals surface area contributed by atoms with Crippen LogP contribution in [0.4, 0.5) is 5.69 Å². The van der Waals surface area contributed by atoms with Crippen LogP contribution in [0.5, 0.6) is 0 Å². The zero-order valence-electron chi connectivity index (χ0n) is 12.6. The number of anilines is 1. The summed E-state index contributed by atoms with van der Waals surface area (Å²) in [7, 11) is 0. The van der Waals surface area contributed by atoms with Crippen molar-refractivity contribution < 1.29 is 14.7 Å². The maximum absolute atomic E-state index is 12.7. The Balaban J connectivity index is 2.15. The van der Waals surface area contributed by atoms with Crippen LogP contribution >= 0.6 is 0 Å². The van der Waals surface area contributed by atoms with E-state index in [4.69, 9.17) is 5.11 Å². The Hall–Kier alpha value is -1.91. The number of carboxylic acids is 1. The molecule has 114 valence electrons. The normalized spacial score (nSPS) is 16.9. The van der Waals surface area contributed by atoms with E-state index in [1.165, 1.54) is 18.5 Å². The molecule has 1 aromatic rings. The highest BCUT2D eigenvalue weighted by atomic mass is 16.4. The van der Waals surface area contributed by atoms with Crippen LogP contribution < -0.4 is 5.32 Å². The fourth-order valence-corrected chi connectivity index (χ4v) is 3.25. The summed E-state index contributed by atoms with van der Waals surface area (Å²) < 4.78 is 0. The van der Waals surface area contributed by atoms with Gasteiger partial charge in [-0.15, -0.1) is 0 Å². The van der Waals surface area contributed by atoms with Crippen molar-refractivity contribution in [3.8, 4) is 0 Å². The Morgan fingerprint density at radius 1 is 1.33 bits per heavy atom. The molecule has 1 aliphatic rings. The molecule has 0 bridgehead atoms. The average Bonchev–Trinajstić information content (AvgIpc) is 2.88. The highest BCUT2D eigenvalue weighted by molar-refractivity contribution is 5.96. The van der Waals surface area contributed by atoms with Gasteiger partial charge in [0.2, 0.25) is 5.91 Å². The molecule has 1 heterocycles. The number of carbonyl (C=O) groups is 2. The summed E-state index contributed by atoms with van der Waals surface area (Å²) in [6, 6.07) is 1.45. The molecule has 0 spiro atoms. The fraction of sp³-hybridized carbons (Fsp3) is 0.562. The van der Waals surface area contributed by atoms with Crippen molar-refractivity contribution in [2.24, 2.45) is 11.3 Å². The highest BCUT2D eigenvalue weighted by Crippen LogP contribution is 2.44. The zero-order valence-corrected chi connectivity index (χ0v) is 12.6. The van der Waals surface area contributed by atoms with Gasteiger partial charge in [-0.05, 0) is 31.2 Å². The molecule has 1 amide bonds. The van der Waals surface area contributed by atoms with Crippen LogP contribution in [-0.2, 0) is 4.79 Å². The Kier molecular flexibility index (Phi) is 4.60. The maximum Gasteiger partial charge on any atom is 0.337 e. The lowest BCUT2D eigenvalue weighted by molar-refractivity contribution is -0.126. The number of rotatable bonds is 5. The Morgan fingerprint density at radius 3 is 2.57 bits per heavy atom. The first-order valence-electron chi connectivity index (χ1n) is 7.43. The molecule has 2 N–H and O–H groups in total. The van der Waals surface area contributed by atoms with Crippen molar-refractivity contribution in [1.82, 2.24) is 4.98 Å². The van der Waals surface area contributed by atoms with Crippen molar-refractivity contribution >= 4 is 17.6 Å². The van der Waals surface area contributed by atoms with Gasteiger partial charge in [-0.3, -0.25) is 9.78 Å². The van der Waals surface area contributed by atoms with Gasteiger partial charge in [0.25, 0.3) is 0 Å². The Morgan fingerprint density at radius 2 is 2.00 bits per heavy atom. The van der Waals surface area contributed by atoms with Crippen molar-refractivity contribution in [3.63, 3.8) is 0 Å². The average molecular weight is 290 g/mol. The molecule has 0 radical (unpaired) electrons. The van der Waals surface area contributed by atoms with Crippen molar-refractivity contribution in [2.75, 3.05) is 5.32 Å². The van der Waals surface area contributed by atoms with E-state index in [-0.39, 0.29) is 16.9 Å². The first-order valence-corrected chi connectivity index (χ1v) is 7.43. The number of nitrogens with zero attached hydrogens (tertiary/aromatic N) is 1. The maximum atomic E-state index is 12.7. The van der Waals surface area contributed by atoms with Crippen LogP contribution in [0.3, 0.4) is 0 Å². The molecule has 0 unspecified atom stereocenters. The first-order chi connectivity index (χ1) is 9.93. The number of amides is 1. The van der Waals surface area contributed by atoms with Gasteiger partial charge in [-0.2, -0.15) is 0 Å². The molecule has 5 nitrogen and oxygen atoms in total. The number of aromatic nitrogens is 1. The molecule has 1 aromatic heterocycles. The summed E-state index contributed by atoms with van der Waals surface area (Å²) in [4.78, 5) is 27.5. The van der Waals surface area contributed by atoms with E-state index in [2.05, 4.69) is 24.1 Å². The third-order valence-electron chi connectivity index (χ3n) is 4.08. The second-order valence-electron chi connectivity index (χ2n) is 6.31.